The van der Waals surface area contributed by atoms with Crippen LogP contribution in [0, 0.1) is 6.92 Å². The molecule has 5 heteroatoms. The fourth-order valence-electron chi connectivity index (χ4n) is 3.64. The van der Waals surface area contributed by atoms with Gasteiger partial charge in [0, 0.05) is 5.56 Å². The number of aryl methyl sites for hydroxylation is 2. The Morgan fingerprint density at radius 3 is 2.81 bits per heavy atom. The number of fused-ring (bicyclic) bond motifs is 1. The first-order valence-corrected chi connectivity index (χ1v) is 9.20. The lowest BCUT2D eigenvalue weighted by molar-refractivity contribution is 0.102. The van der Waals surface area contributed by atoms with Crippen LogP contribution in [0.15, 0.2) is 54.7 Å². The van der Waals surface area contributed by atoms with Gasteiger partial charge in [0.25, 0.3) is 5.91 Å². The van der Waals surface area contributed by atoms with Crippen LogP contribution in [-0.2, 0) is 6.42 Å². The van der Waals surface area contributed by atoms with E-state index in [9.17, 15) is 4.79 Å². The zero-order valence-corrected chi connectivity index (χ0v) is 15.3. The molecule has 4 nitrogen and oxygen atoms in total. The van der Waals surface area contributed by atoms with Crippen molar-refractivity contribution in [1.29, 1.82) is 0 Å². The van der Waals surface area contributed by atoms with Crippen molar-refractivity contribution in [3.8, 4) is 0 Å². The van der Waals surface area contributed by atoms with Gasteiger partial charge in [-0.25, -0.2) is 4.68 Å². The Morgan fingerprint density at radius 1 is 1.19 bits per heavy atom. The van der Waals surface area contributed by atoms with E-state index in [2.05, 4.69) is 34.7 Å². The topological polar surface area (TPSA) is 46.9 Å². The van der Waals surface area contributed by atoms with E-state index in [0.717, 1.165) is 30.6 Å². The molecule has 132 valence electrons. The Balaban J connectivity index is 1.69. The maximum absolute atomic E-state index is 12.7. The van der Waals surface area contributed by atoms with Crippen LogP contribution in [-0.4, -0.2) is 15.7 Å². The predicted octanol–water partition coefficient (Wildman–Crippen LogP) is 5.02. The molecule has 4 rings (SSSR count). The van der Waals surface area contributed by atoms with Crippen LogP contribution in [0.25, 0.3) is 0 Å². The van der Waals surface area contributed by atoms with Gasteiger partial charge < -0.3 is 5.32 Å². The molecule has 0 bridgehead atoms. The third kappa shape index (κ3) is 3.01. The normalized spacial score (nSPS) is 16.2. The maximum atomic E-state index is 12.7. The molecule has 2 aromatic carbocycles. The third-order valence-electron chi connectivity index (χ3n) is 4.96. The molecular formula is C21H20ClN3O. The Hall–Kier alpha value is -2.59. The Morgan fingerprint density at radius 2 is 1.96 bits per heavy atom. The number of benzene rings is 2. The zero-order valence-electron chi connectivity index (χ0n) is 14.6. The zero-order chi connectivity index (χ0) is 18.1. The highest BCUT2D eigenvalue weighted by molar-refractivity contribution is 6.34. The number of rotatable bonds is 3. The molecule has 0 saturated heterocycles. The highest BCUT2D eigenvalue weighted by Crippen LogP contribution is 2.35. The highest BCUT2D eigenvalue weighted by Gasteiger charge is 2.25. The van der Waals surface area contributed by atoms with E-state index in [1.807, 2.05) is 23.7 Å². The Kier molecular flexibility index (Phi) is 4.51. The van der Waals surface area contributed by atoms with Crippen molar-refractivity contribution in [2.24, 2.45) is 0 Å². The average Bonchev–Trinajstić information content (AvgIpc) is 3.02. The van der Waals surface area contributed by atoms with Crippen molar-refractivity contribution in [3.05, 3.63) is 82.0 Å². The number of amides is 1. The molecule has 3 aromatic rings. The Bertz CT molecular complexity index is 963. The fraction of sp³-hybridized carbons (Fsp3) is 0.238. The smallest absolute Gasteiger partial charge is 0.258 e. The van der Waals surface area contributed by atoms with Crippen LogP contribution in [0.1, 0.15) is 45.9 Å². The van der Waals surface area contributed by atoms with E-state index < -0.39 is 0 Å². The third-order valence-corrected chi connectivity index (χ3v) is 5.29. The van der Waals surface area contributed by atoms with Crippen LogP contribution < -0.4 is 5.32 Å². The lowest BCUT2D eigenvalue weighted by atomic mass is 9.88. The molecule has 0 aliphatic heterocycles. The molecule has 1 aliphatic carbocycles. The minimum Gasteiger partial charge on any atom is -0.306 e. The number of hydrogen-bond donors (Lipinski definition) is 1. The van der Waals surface area contributed by atoms with Gasteiger partial charge in [0.05, 0.1) is 22.8 Å². The molecule has 0 fully saturated rings. The van der Waals surface area contributed by atoms with Crippen LogP contribution in [0.3, 0.4) is 0 Å². The van der Waals surface area contributed by atoms with Gasteiger partial charge in [-0.1, -0.05) is 48.0 Å². The highest BCUT2D eigenvalue weighted by atomic mass is 35.5. The van der Waals surface area contributed by atoms with Gasteiger partial charge in [-0.3, -0.25) is 4.79 Å². The maximum Gasteiger partial charge on any atom is 0.258 e. The monoisotopic (exact) mass is 365 g/mol. The average molecular weight is 366 g/mol. The number of aromatic nitrogens is 2. The summed E-state index contributed by atoms with van der Waals surface area (Å²) >= 11 is 6.17. The van der Waals surface area contributed by atoms with Gasteiger partial charge in [0.15, 0.2) is 0 Å². The van der Waals surface area contributed by atoms with Gasteiger partial charge >= 0.3 is 0 Å². The molecule has 1 unspecified atom stereocenters. The minimum absolute atomic E-state index is 0.134. The molecule has 1 N–H and O–H groups in total. The summed E-state index contributed by atoms with van der Waals surface area (Å²) in [5.74, 6) is 0.515. The summed E-state index contributed by atoms with van der Waals surface area (Å²) in [5, 5.41) is 8.04. The molecule has 26 heavy (non-hydrogen) atoms. The molecule has 1 heterocycles. The SMILES string of the molecule is Cc1cnn(C2CCCc3ccccc32)c1NC(=O)c1ccccc1Cl. The van der Waals surface area contributed by atoms with E-state index in [1.165, 1.54) is 11.1 Å². The van der Waals surface area contributed by atoms with Gasteiger partial charge in [0.1, 0.15) is 5.82 Å². The second kappa shape index (κ2) is 6.96. The van der Waals surface area contributed by atoms with Crippen LogP contribution in [0.2, 0.25) is 5.02 Å². The fourth-order valence-corrected chi connectivity index (χ4v) is 3.86. The summed E-state index contributed by atoms with van der Waals surface area (Å²) in [4.78, 5) is 12.7. The minimum atomic E-state index is -0.218. The summed E-state index contributed by atoms with van der Waals surface area (Å²) in [7, 11) is 0. The molecule has 0 spiro atoms. The van der Waals surface area contributed by atoms with Crippen LogP contribution >= 0.6 is 11.6 Å². The summed E-state index contributed by atoms with van der Waals surface area (Å²) in [6.45, 7) is 1.96. The van der Waals surface area contributed by atoms with E-state index in [0.29, 0.717) is 10.6 Å². The standard InChI is InChI=1S/C21H20ClN3O/c1-14-13-23-25(19-12-6-8-15-7-2-3-9-16(15)19)20(14)24-21(26)17-10-4-5-11-18(17)22/h2-5,7,9-11,13,19H,6,8,12H2,1H3,(H,24,26). The summed E-state index contributed by atoms with van der Waals surface area (Å²) in [6, 6.07) is 15.7. The van der Waals surface area contributed by atoms with Gasteiger partial charge in [-0.2, -0.15) is 5.10 Å². The molecule has 0 saturated carbocycles. The lowest BCUT2D eigenvalue weighted by Crippen LogP contribution is -2.22. The van der Waals surface area contributed by atoms with Crippen molar-refractivity contribution in [2.45, 2.75) is 32.2 Å². The number of anilines is 1. The summed E-state index contributed by atoms with van der Waals surface area (Å²) in [5.41, 5.74) is 4.05. The number of nitrogens with one attached hydrogen (secondary N) is 1. The van der Waals surface area contributed by atoms with Gasteiger partial charge in [-0.05, 0) is 49.4 Å². The van der Waals surface area contributed by atoms with Crippen molar-refractivity contribution >= 4 is 23.3 Å². The van der Waals surface area contributed by atoms with Gasteiger partial charge in [-0.15, -0.1) is 0 Å². The summed E-state index contributed by atoms with van der Waals surface area (Å²) < 4.78 is 1.95. The van der Waals surface area contributed by atoms with Crippen molar-refractivity contribution in [2.75, 3.05) is 5.32 Å². The predicted molar refractivity (Wildman–Crippen MR) is 104 cm³/mol. The van der Waals surface area contributed by atoms with Crippen LogP contribution in [0.4, 0.5) is 5.82 Å². The largest absolute Gasteiger partial charge is 0.306 e. The number of halogens is 1. The molecule has 0 radical (unpaired) electrons. The number of carbonyl (C=O) groups excluding carboxylic acids is 1. The first-order chi connectivity index (χ1) is 12.6. The molecule has 1 atom stereocenters. The van der Waals surface area contributed by atoms with Crippen molar-refractivity contribution in [1.82, 2.24) is 9.78 Å². The van der Waals surface area contributed by atoms with E-state index in [1.54, 1.807) is 18.3 Å². The van der Waals surface area contributed by atoms with E-state index in [-0.39, 0.29) is 11.9 Å². The van der Waals surface area contributed by atoms with Crippen molar-refractivity contribution in [3.63, 3.8) is 0 Å². The van der Waals surface area contributed by atoms with Crippen molar-refractivity contribution < 1.29 is 4.79 Å². The first kappa shape index (κ1) is 16.9. The lowest BCUT2D eigenvalue weighted by Gasteiger charge is -2.27. The van der Waals surface area contributed by atoms with Crippen LogP contribution in [0.5, 0.6) is 0 Å². The molecule has 1 amide bonds. The molecular weight excluding hydrogens is 346 g/mol. The molecule has 1 aliphatic rings. The Labute approximate surface area is 157 Å². The van der Waals surface area contributed by atoms with E-state index in [4.69, 9.17) is 11.6 Å². The number of carbonyl (C=O) groups is 1. The number of nitrogens with zero attached hydrogens (tertiary/aromatic N) is 2. The number of hydrogen-bond acceptors (Lipinski definition) is 2. The van der Waals surface area contributed by atoms with Gasteiger partial charge in [0.2, 0.25) is 0 Å². The summed E-state index contributed by atoms with van der Waals surface area (Å²) in [6.07, 6.45) is 5.01. The molecule has 1 aromatic heterocycles. The first-order valence-electron chi connectivity index (χ1n) is 8.83. The van der Waals surface area contributed by atoms with E-state index >= 15 is 0 Å². The second-order valence-corrected chi connectivity index (χ2v) is 7.07. The quantitative estimate of drug-likeness (QED) is 0.708. The second-order valence-electron chi connectivity index (χ2n) is 6.66.